The quantitative estimate of drug-likeness (QED) is 0.130. The van der Waals surface area contributed by atoms with Crippen LogP contribution in [0.1, 0.15) is 13.2 Å². The predicted molar refractivity (Wildman–Crippen MR) is 108 cm³/mol. The Hall–Kier alpha value is -0.920. The third-order valence-electron chi connectivity index (χ3n) is 3.98. The lowest BCUT2D eigenvalue weighted by Gasteiger charge is -2.26. The number of aromatic amines is 1. The van der Waals surface area contributed by atoms with E-state index in [1.54, 1.807) is 4.98 Å². The molecule has 0 bridgehead atoms. The van der Waals surface area contributed by atoms with Crippen molar-refractivity contribution >= 4 is 46.7 Å². The topological polar surface area (TPSA) is 244 Å². The Kier molecular flexibility index (Phi) is 8.81. The number of nitrogens with one attached hydrogen (secondary N) is 1. The van der Waals surface area contributed by atoms with Gasteiger partial charge in [-0.1, -0.05) is 17.5 Å². The summed E-state index contributed by atoms with van der Waals surface area (Å²) in [6.07, 6.45) is -7.13. The van der Waals surface area contributed by atoms with Crippen molar-refractivity contribution in [3.05, 3.63) is 32.9 Å². The summed E-state index contributed by atoms with van der Waals surface area (Å²) in [7, 11) is -17.1. The predicted octanol–water partition coefficient (Wildman–Crippen LogP) is -0.157. The number of hydrogen-bond donors (Lipinski definition) is 6. The summed E-state index contributed by atoms with van der Waals surface area (Å²) in [6, 6.07) is 0. The highest BCUT2D eigenvalue weighted by atomic mass is 35.5. The summed E-state index contributed by atoms with van der Waals surface area (Å²) < 4.78 is 65.4. The molecule has 1 aliphatic heterocycles. The van der Waals surface area contributed by atoms with E-state index in [0.717, 1.165) is 6.92 Å². The Morgan fingerprint density at radius 2 is 1.82 bits per heavy atom. The second-order valence-corrected chi connectivity index (χ2v) is 11.6. The Labute approximate surface area is 197 Å². The lowest BCUT2D eigenvalue weighted by Crippen LogP contribution is -2.45. The minimum atomic E-state index is -5.84. The highest BCUT2D eigenvalue weighted by Crippen LogP contribution is 2.66. The fourth-order valence-electron chi connectivity index (χ4n) is 2.75. The highest BCUT2D eigenvalue weighted by Gasteiger charge is 2.58. The molecule has 22 heteroatoms. The standard InChI is InChI=1S/C12H14Cl2FN2O14P3/c1-5(29-33(24,25)31-34(26,27)30-32(21,22)23)7-8(18)12(14,2-3-13)10(28-7)17-4-6(15)9(19)16-11(17)20/h4-5,7-8,10,18H,1H3,(H,24,25)(H,26,27)(H,16,19,20)(H2,21,22,23)/t5-,7-,8+,10-,12?/m1/s1. The molecule has 0 aromatic carbocycles. The summed E-state index contributed by atoms with van der Waals surface area (Å²) in [4.78, 5) is 58.6. The van der Waals surface area contributed by atoms with E-state index < -0.39 is 69.9 Å². The Morgan fingerprint density at radius 3 is 2.35 bits per heavy atom. The van der Waals surface area contributed by atoms with Crippen molar-refractivity contribution < 1.29 is 60.6 Å². The van der Waals surface area contributed by atoms with Crippen molar-refractivity contribution in [3.63, 3.8) is 0 Å². The van der Waals surface area contributed by atoms with Gasteiger partial charge in [0, 0.05) is 5.38 Å². The summed E-state index contributed by atoms with van der Waals surface area (Å²) in [6.45, 7) is 0.941. The van der Waals surface area contributed by atoms with Crippen LogP contribution in [-0.4, -0.2) is 57.4 Å². The number of phosphoric ester groups is 1. The van der Waals surface area contributed by atoms with Crippen LogP contribution in [0.4, 0.5) is 4.39 Å². The molecule has 6 N–H and O–H groups in total. The van der Waals surface area contributed by atoms with Gasteiger partial charge in [0.15, 0.2) is 11.1 Å². The zero-order valence-corrected chi connectivity index (χ0v) is 20.4. The molecular formula is C12H14Cl2FN2O14P3. The third kappa shape index (κ3) is 6.85. The molecule has 2 heterocycles. The molecule has 7 atom stereocenters. The number of halogens is 3. The van der Waals surface area contributed by atoms with Gasteiger partial charge in [0.05, 0.1) is 12.3 Å². The summed E-state index contributed by atoms with van der Waals surface area (Å²) in [5, 5.41) is 12.4. The van der Waals surface area contributed by atoms with Crippen molar-refractivity contribution in [2.24, 2.45) is 0 Å². The second-order valence-electron chi connectivity index (χ2n) is 6.43. The number of ether oxygens (including phenoxy) is 1. The number of aliphatic hydroxyl groups excluding tert-OH is 1. The molecule has 1 aromatic rings. The fraction of sp³-hybridized carbons (Fsp3) is 0.500. The summed E-state index contributed by atoms with van der Waals surface area (Å²) >= 11 is 11.6. The van der Waals surface area contributed by atoms with E-state index in [4.69, 9.17) is 37.7 Å². The molecule has 0 saturated carbocycles. The molecule has 1 aromatic heterocycles. The molecular weight excluding hydrogens is 579 g/mol. The normalized spacial score (nSPS) is 29.5. The highest BCUT2D eigenvalue weighted by molar-refractivity contribution is 7.66. The van der Waals surface area contributed by atoms with Crippen LogP contribution < -0.4 is 11.2 Å². The van der Waals surface area contributed by atoms with Crippen LogP contribution in [0.3, 0.4) is 0 Å². The van der Waals surface area contributed by atoms with E-state index in [2.05, 4.69) is 19.1 Å². The smallest absolute Gasteiger partial charge is 0.387 e. The molecule has 1 fully saturated rings. The van der Waals surface area contributed by atoms with Gasteiger partial charge in [-0.05, 0) is 18.5 Å². The van der Waals surface area contributed by atoms with Crippen molar-refractivity contribution in [2.45, 2.75) is 36.3 Å². The number of H-pyrrole nitrogens is 1. The number of aromatic nitrogens is 2. The van der Waals surface area contributed by atoms with Crippen LogP contribution >= 0.6 is 46.7 Å². The Bertz CT molecular complexity index is 1270. The van der Waals surface area contributed by atoms with Gasteiger partial charge in [0.25, 0.3) is 5.56 Å². The van der Waals surface area contributed by atoms with Gasteiger partial charge in [-0.3, -0.25) is 18.9 Å². The van der Waals surface area contributed by atoms with Crippen molar-refractivity contribution in [1.29, 1.82) is 0 Å². The van der Waals surface area contributed by atoms with E-state index in [-0.39, 0.29) is 0 Å². The Balaban J connectivity index is 2.36. The zero-order chi connectivity index (χ0) is 26.3. The van der Waals surface area contributed by atoms with Crippen LogP contribution in [0.5, 0.6) is 0 Å². The van der Waals surface area contributed by atoms with Gasteiger partial charge in [0.2, 0.25) is 5.82 Å². The van der Waals surface area contributed by atoms with Gasteiger partial charge in [-0.25, -0.2) is 18.5 Å². The van der Waals surface area contributed by atoms with Crippen molar-refractivity contribution in [3.8, 4) is 11.3 Å². The molecule has 16 nitrogen and oxygen atoms in total. The molecule has 1 saturated heterocycles. The van der Waals surface area contributed by atoms with Crippen LogP contribution in [0.2, 0.25) is 0 Å². The van der Waals surface area contributed by atoms with Gasteiger partial charge in [-0.15, -0.1) is 0 Å². The summed E-state index contributed by atoms with van der Waals surface area (Å²) in [5.74, 6) is 0.656. The SMILES string of the molecule is C[C@@H](OP(=O)(O)OP(=O)(O)OP(=O)(O)O)[C@H]1O[C@@H](n2cc(F)c(=O)[nH]c2=O)C(Cl)(C#CCl)[C@H]1O. The van der Waals surface area contributed by atoms with Gasteiger partial charge in [-0.2, -0.15) is 13.0 Å². The number of nitrogens with zero attached hydrogens (tertiary/aromatic N) is 1. The molecule has 0 amide bonds. The first kappa shape index (κ1) is 29.3. The second kappa shape index (κ2) is 10.2. The van der Waals surface area contributed by atoms with Gasteiger partial charge >= 0.3 is 29.2 Å². The maximum absolute atomic E-state index is 13.7. The van der Waals surface area contributed by atoms with E-state index in [0.29, 0.717) is 10.8 Å². The maximum atomic E-state index is 13.7. The number of hydrogen-bond acceptors (Lipinski definition) is 10. The molecule has 0 spiro atoms. The van der Waals surface area contributed by atoms with E-state index in [1.807, 2.05) is 5.38 Å². The van der Waals surface area contributed by atoms with E-state index in [9.17, 15) is 42.6 Å². The molecule has 0 aliphatic carbocycles. The number of alkyl halides is 1. The van der Waals surface area contributed by atoms with E-state index >= 15 is 0 Å². The average Bonchev–Trinajstić information content (AvgIpc) is 2.86. The molecule has 1 aliphatic rings. The third-order valence-corrected chi connectivity index (χ3v) is 8.51. The molecule has 3 unspecified atom stereocenters. The summed E-state index contributed by atoms with van der Waals surface area (Å²) in [5.41, 5.74) is -2.65. The first-order chi connectivity index (χ1) is 15.3. The average molecular weight is 593 g/mol. The van der Waals surface area contributed by atoms with E-state index in [1.165, 1.54) is 0 Å². The van der Waals surface area contributed by atoms with Crippen LogP contribution in [0.25, 0.3) is 0 Å². The monoisotopic (exact) mass is 592 g/mol. The van der Waals surface area contributed by atoms with Gasteiger partial charge < -0.3 is 29.4 Å². The maximum Gasteiger partial charge on any atom is 0.490 e. The number of aliphatic hydroxyl groups is 1. The minimum Gasteiger partial charge on any atom is -0.387 e. The number of rotatable bonds is 8. The lowest BCUT2D eigenvalue weighted by atomic mass is 9.97. The van der Waals surface area contributed by atoms with Crippen LogP contribution in [0, 0.1) is 17.1 Å². The van der Waals surface area contributed by atoms with Gasteiger partial charge in [0.1, 0.15) is 12.2 Å². The lowest BCUT2D eigenvalue weighted by molar-refractivity contribution is -0.0751. The first-order valence-electron chi connectivity index (χ1n) is 8.30. The van der Waals surface area contributed by atoms with Crippen LogP contribution in [-0.2, 0) is 31.6 Å². The fourth-order valence-corrected chi connectivity index (χ4v) is 6.49. The van der Waals surface area contributed by atoms with Crippen molar-refractivity contribution in [1.82, 2.24) is 9.55 Å². The minimum absolute atomic E-state index is 0.376. The molecule has 0 radical (unpaired) electrons. The zero-order valence-electron chi connectivity index (χ0n) is 16.2. The number of phosphoric acid groups is 3. The molecule has 34 heavy (non-hydrogen) atoms. The first-order valence-corrected chi connectivity index (χ1v) is 13.6. The molecule has 2 rings (SSSR count). The van der Waals surface area contributed by atoms with Crippen LogP contribution in [0.15, 0.2) is 15.8 Å². The van der Waals surface area contributed by atoms with Crippen molar-refractivity contribution in [2.75, 3.05) is 0 Å². The Morgan fingerprint density at radius 1 is 1.24 bits per heavy atom. The molecule has 192 valence electrons. The largest absolute Gasteiger partial charge is 0.490 e.